The Balaban J connectivity index is 2.18. The Morgan fingerprint density at radius 2 is 1.94 bits per heavy atom. The molecule has 2 aliphatic rings. The zero-order chi connectivity index (χ0) is 12.4. The molecule has 2 aliphatic heterocycles. The van der Waals surface area contributed by atoms with Crippen LogP contribution in [-0.2, 0) is 9.59 Å². The molecule has 2 rings (SSSR count). The van der Waals surface area contributed by atoms with Crippen molar-refractivity contribution in [1.29, 1.82) is 0 Å². The Kier molecular flexibility index (Phi) is 3.97. The first kappa shape index (κ1) is 12.7. The summed E-state index contributed by atoms with van der Waals surface area (Å²) < 4.78 is 0. The van der Waals surface area contributed by atoms with E-state index in [4.69, 9.17) is 0 Å². The number of nitrogens with one attached hydrogen (secondary N) is 1. The molecule has 1 atom stereocenters. The first-order valence-corrected chi connectivity index (χ1v) is 7.43. The van der Waals surface area contributed by atoms with Crippen LogP contribution in [-0.4, -0.2) is 46.8 Å². The number of thioether (sulfide) groups is 1. The van der Waals surface area contributed by atoms with Gasteiger partial charge in [0, 0.05) is 6.04 Å². The van der Waals surface area contributed by atoms with E-state index >= 15 is 0 Å². The first-order valence-electron chi connectivity index (χ1n) is 6.28. The number of carbonyl (C=O) groups excluding carboxylic acids is 2. The summed E-state index contributed by atoms with van der Waals surface area (Å²) in [6.45, 7) is 4.19. The van der Waals surface area contributed by atoms with E-state index in [2.05, 4.69) is 5.32 Å². The van der Waals surface area contributed by atoms with Gasteiger partial charge in [0.25, 0.3) is 0 Å². The molecule has 0 aliphatic carbocycles. The van der Waals surface area contributed by atoms with Crippen LogP contribution in [0, 0.1) is 5.92 Å². The molecule has 2 heterocycles. The second kappa shape index (κ2) is 5.29. The predicted octanol–water partition coefficient (Wildman–Crippen LogP) is 0.865. The number of amides is 2. The molecule has 1 unspecified atom stereocenters. The largest absolute Gasteiger partial charge is 0.345 e. The number of carbonyl (C=O) groups is 2. The molecule has 5 heteroatoms. The molecule has 0 spiro atoms. The van der Waals surface area contributed by atoms with Crippen molar-refractivity contribution >= 4 is 23.6 Å². The molecule has 0 aromatic rings. The van der Waals surface area contributed by atoms with Crippen molar-refractivity contribution in [1.82, 2.24) is 10.2 Å². The Bertz CT molecular complexity index is 314. The maximum absolute atomic E-state index is 12.1. The SMILES string of the molecule is CC(C)C1C(=O)NCC(=O)N1C1CCSCC1. The van der Waals surface area contributed by atoms with Crippen LogP contribution in [0.1, 0.15) is 26.7 Å². The quantitative estimate of drug-likeness (QED) is 0.797. The molecule has 2 amide bonds. The van der Waals surface area contributed by atoms with Gasteiger partial charge < -0.3 is 10.2 Å². The van der Waals surface area contributed by atoms with Gasteiger partial charge in [-0.3, -0.25) is 9.59 Å². The van der Waals surface area contributed by atoms with Gasteiger partial charge in [-0.15, -0.1) is 0 Å². The van der Waals surface area contributed by atoms with Crippen molar-refractivity contribution in [3.8, 4) is 0 Å². The van der Waals surface area contributed by atoms with E-state index < -0.39 is 0 Å². The minimum atomic E-state index is -0.274. The summed E-state index contributed by atoms with van der Waals surface area (Å²) in [5, 5.41) is 2.70. The minimum absolute atomic E-state index is 0.0119. The summed E-state index contributed by atoms with van der Waals surface area (Å²) in [7, 11) is 0. The van der Waals surface area contributed by atoms with Crippen molar-refractivity contribution in [2.45, 2.75) is 38.8 Å². The van der Waals surface area contributed by atoms with Gasteiger partial charge in [-0.05, 0) is 30.3 Å². The van der Waals surface area contributed by atoms with Gasteiger partial charge >= 0.3 is 0 Å². The highest BCUT2D eigenvalue weighted by atomic mass is 32.2. The van der Waals surface area contributed by atoms with Crippen molar-refractivity contribution in [3.63, 3.8) is 0 Å². The lowest BCUT2D eigenvalue weighted by atomic mass is 9.95. The lowest BCUT2D eigenvalue weighted by Gasteiger charge is -2.43. The number of nitrogens with zero attached hydrogens (tertiary/aromatic N) is 1. The van der Waals surface area contributed by atoms with E-state index in [9.17, 15) is 9.59 Å². The number of hydrogen-bond acceptors (Lipinski definition) is 3. The van der Waals surface area contributed by atoms with Crippen LogP contribution < -0.4 is 5.32 Å². The molecule has 2 fully saturated rings. The standard InChI is InChI=1S/C12H20N2O2S/c1-8(2)11-12(16)13-7-10(15)14(11)9-3-5-17-6-4-9/h8-9,11H,3-7H2,1-2H3,(H,13,16). The van der Waals surface area contributed by atoms with E-state index in [1.807, 2.05) is 30.5 Å². The van der Waals surface area contributed by atoms with Crippen LogP contribution in [0.2, 0.25) is 0 Å². The van der Waals surface area contributed by atoms with Crippen LogP contribution >= 0.6 is 11.8 Å². The van der Waals surface area contributed by atoms with Crippen LogP contribution in [0.25, 0.3) is 0 Å². The van der Waals surface area contributed by atoms with Crippen LogP contribution in [0.4, 0.5) is 0 Å². The zero-order valence-electron chi connectivity index (χ0n) is 10.4. The maximum atomic E-state index is 12.1. The molecule has 0 radical (unpaired) electrons. The Hall–Kier alpha value is -0.710. The van der Waals surface area contributed by atoms with Gasteiger partial charge in [0.2, 0.25) is 11.8 Å². The lowest BCUT2D eigenvalue weighted by molar-refractivity contribution is -0.150. The molecule has 0 saturated carbocycles. The second-order valence-electron chi connectivity index (χ2n) is 5.05. The monoisotopic (exact) mass is 256 g/mol. The molecular weight excluding hydrogens is 236 g/mol. The minimum Gasteiger partial charge on any atom is -0.345 e. The highest BCUT2D eigenvalue weighted by Gasteiger charge is 2.40. The second-order valence-corrected chi connectivity index (χ2v) is 6.28. The first-order chi connectivity index (χ1) is 8.11. The third-order valence-corrected chi connectivity index (χ3v) is 4.53. The van der Waals surface area contributed by atoms with Crippen LogP contribution in [0.15, 0.2) is 0 Å². The Labute approximate surface area is 106 Å². The molecule has 0 aromatic carbocycles. The van der Waals surface area contributed by atoms with E-state index in [1.54, 1.807) is 0 Å². The topological polar surface area (TPSA) is 49.4 Å². The number of rotatable bonds is 2. The fourth-order valence-electron chi connectivity index (χ4n) is 2.66. The fraction of sp³-hybridized carbons (Fsp3) is 0.833. The molecule has 17 heavy (non-hydrogen) atoms. The fourth-order valence-corrected chi connectivity index (χ4v) is 3.74. The normalized spacial score (nSPS) is 27.5. The van der Waals surface area contributed by atoms with Crippen molar-refractivity contribution in [2.24, 2.45) is 5.92 Å². The predicted molar refractivity (Wildman–Crippen MR) is 68.8 cm³/mol. The summed E-state index contributed by atoms with van der Waals surface area (Å²) >= 11 is 1.94. The molecule has 1 N–H and O–H groups in total. The van der Waals surface area contributed by atoms with Crippen molar-refractivity contribution < 1.29 is 9.59 Å². The van der Waals surface area contributed by atoms with Gasteiger partial charge in [-0.2, -0.15) is 11.8 Å². The van der Waals surface area contributed by atoms with Gasteiger partial charge in [-0.1, -0.05) is 13.8 Å². The van der Waals surface area contributed by atoms with E-state index in [0.29, 0.717) is 0 Å². The van der Waals surface area contributed by atoms with E-state index in [-0.39, 0.29) is 36.4 Å². The van der Waals surface area contributed by atoms with Gasteiger partial charge in [-0.25, -0.2) is 0 Å². The average molecular weight is 256 g/mol. The Morgan fingerprint density at radius 1 is 1.29 bits per heavy atom. The summed E-state index contributed by atoms with van der Waals surface area (Å²) in [5.41, 5.74) is 0. The summed E-state index contributed by atoms with van der Waals surface area (Å²) in [6, 6.07) is -0.00782. The molecule has 96 valence electrons. The number of piperazine rings is 1. The van der Waals surface area contributed by atoms with Crippen molar-refractivity contribution in [3.05, 3.63) is 0 Å². The molecule has 0 bridgehead atoms. The molecule has 4 nitrogen and oxygen atoms in total. The Morgan fingerprint density at radius 3 is 2.53 bits per heavy atom. The van der Waals surface area contributed by atoms with Gasteiger partial charge in [0.05, 0.1) is 6.54 Å². The average Bonchev–Trinajstić information content (AvgIpc) is 2.32. The van der Waals surface area contributed by atoms with E-state index in [1.165, 1.54) is 0 Å². The van der Waals surface area contributed by atoms with Crippen LogP contribution in [0.5, 0.6) is 0 Å². The molecule has 0 aromatic heterocycles. The van der Waals surface area contributed by atoms with Gasteiger partial charge in [0.15, 0.2) is 0 Å². The van der Waals surface area contributed by atoms with Gasteiger partial charge in [0.1, 0.15) is 6.04 Å². The highest BCUT2D eigenvalue weighted by molar-refractivity contribution is 7.99. The third-order valence-electron chi connectivity index (χ3n) is 3.49. The zero-order valence-corrected chi connectivity index (χ0v) is 11.3. The molecule has 2 saturated heterocycles. The van der Waals surface area contributed by atoms with E-state index in [0.717, 1.165) is 24.3 Å². The van der Waals surface area contributed by atoms with Crippen LogP contribution in [0.3, 0.4) is 0 Å². The highest BCUT2D eigenvalue weighted by Crippen LogP contribution is 2.27. The van der Waals surface area contributed by atoms with Crippen molar-refractivity contribution in [2.75, 3.05) is 18.1 Å². The lowest BCUT2D eigenvalue weighted by Crippen LogP contribution is -2.63. The third kappa shape index (κ3) is 2.59. The maximum Gasteiger partial charge on any atom is 0.243 e. The summed E-state index contributed by atoms with van der Waals surface area (Å²) in [4.78, 5) is 25.8. The summed E-state index contributed by atoms with van der Waals surface area (Å²) in [6.07, 6.45) is 2.04. The number of hydrogen-bond donors (Lipinski definition) is 1. The summed E-state index contributed by atoms with van der Waals surface area (Å²) in [5.74, 6) is 2.47. The smallest absolute Gasteiger partial charge is 0.243 e. The molecular formula is C12H20N2O2S.